The van der Waals surface area contributed by atoms with Gasteiger partial charge in [-0.25, -0.2) is 18.2 Å². The highest BCUT2D eigenvalue weighted by molar-refractivity contribution is 7.89. The van der Waals surface area contributed by atoms with E-state index in [0.29, 0.717) is 18.2 Å². The van der Waals surface area contributed by atoms with Crippen molar-refractivity contribution in [2.75, 3.05) is 38.2 Å². The Bertz CT molecular complexity index is 1200. The highest BCUT2D eigenvalue weighted by Gasteiger charge is 2.26. The van der Waals surface area contributed by atoms with Crippen LogP contribution in [0.1, 0.15) is 10.5 Å². The molecule has 1 aromatic carbocycles. The van der Waals surface area contributed by atoms with Gasteiger partial charge in [-0.2, -0.15) is 15.6 Å². The van der Waals surface area contributed by atoms with Crippen LogP contribution in [0.15, 0.2) is 51.4 Å². The van der Waals surface area contributed by atoms with Gasteiger partial charge in [-0.3, -0.25) is 4.79 Å². The van der Waals surface area contributed by atoms with Gasteiger partial charge < -0.3 is 14.8 Å². The van der Waals surface area contributed by atoms with Crippen LogP contribution >= 0.6 is 22.7 Å². The molecular formula is C20H19N3O6S3. The van der Waals surface area contributed by atoms with Gasteiger partial charge in [-0.05, 0) is 29.6 Å². The van der Waals surface area contributed by atoms with Crippen molar-refractivity contribution >= 4 is 50.3 Å². The summed E-state index contributed by atoms with van der Waals surface area (Å²) < 4.78 is 37.1. The summed E-state index contributed by atoms with van der Waals surface area (Å²) in [6.45, 7) is 0.716. The number of amides is 1. The summed E-state index contributed by atoms with van der Waals surface area (Å²) in [5.41, 5.74) is 1.33. The Hall–Kier alpha value is -2.64. The van der Waals surface area contributed by atoms with Crippen LogP contribution < -0.4 is 5.32 Å². The van der Waals surface area contributed by atoms with E-state index in [1.54, 1.807) is 11.4 Å². The molecule has 0 aliphatic carbocycles. The molecule has 1 N–H and O–H groups in total. The first-order valence-electron chi connectivity index (χ1n) is 9.56. The van der Waals surface area contributed by atoms with Gasteiger partial charge in [-0.15, -0.1) is 11.3 Å². The maximum Gasteiger partial charge on any atom is 0.358 e. The first-order valence-corrected chi connectivity index (χ1v) is 12.8. The van der Waals surface area contributed by atoms with Crippen LogP contribution in [0.3, 0.4) is 0 Å². The minimum absolute atomic E-state index is 0.0672. The molecule has 4 rings (SSSR count). The first-order chi connectivity index (χ1) is 15.4. The largest absolute Gasteiger partial charge is 0.451 e. The SMILES string of the molecule is O=C(COC(=O)c1csc(-c2ccsc2)n1)Nc1cccc(S(=O)(=O)N2CCOCC2)c1. The van der Waals surface area contributed by atoms with Crippen molar-refractivity contribution in [3.63, 3.8) is 0 Å². The fourth-order valence-corrected chi connectivity index (χ4v) is 5.91. The van der Waals surface area contributed by atoms with Crippen molar-refractivity contribution in [2.24, 2.45) is 0 Å². The average Bonchev–Trinajstić information content (AvgIpc) is 3.50. The zero-order chi connectivity index (χ0) is 22.6. The molecular weight excluding hydrogens is 474 g/mol. The van der Waals surface area contributed by atoms with E-state index in [-0.39, 0.29) is 29.4 Å². The van der Waals surface area contributed by atoms with Gasteiger partial charge in [0, 0.05) is 35.1 Å². The summed E-state index contributed by atoms with van der Waals surface area (Å²) in [4.78, 5) is 28.7. The Kier molecular flexibility index (Phi) is 6.96. The molecule has 1 saturated heterocycles. The number of nitrogens with one attached hydrogen (secondary N) is 1. The molecule has 0 spiro atoms. The number of rotatable bonds is 7. The number of aromatic nitrogens is 1. The fourth-order valence-electron chi connectivity index (χ4n) is 2.96. The van der Waals surface area contributed by atoms with E-state index in [4.69, 9.17) is 9.47 Å². The van der Waals surface area contributed by atoms with E-state index in [1.165, 1.54) is 45.2 Å². The number of esters is 1. The van der Waals surface area contributed by atoms with Crippen molar-refractivity contribution in [2.45, 2.75) is 4.90 Å². The molecule has 1 fully saturated rings. The molecule has 12 heteroatoms. The third-order valence-corrected chi connectivity index (χ3v) is 8.01. The zero-order valence-electron chi connectivity index (χ0n) is 16.7. The van der Waals surface area contributed by atoms with E-state index < -0.39 is 28.5 Å². The van der Waals surface area contributed by atoms with E-state index in [2.05, 4.69) is 10.3 Å². The molecule has 168 valence electrons. The Labute approximate surface area is 192 Å². The minimum atomic E-state index is -3.69. The van der Waals surface area contributed by atoms with Crippen LogP contribution in [0, 0.1) is 0 Å². The molecule has 0 radical (unpaired) electrons. The number of thiazole rings is 1. The van der Waals surface area contributed by atoms with Gasteiger partial charge in [0.25, 0.3) is 5.91 Å². The molecule has 9 nitrogen and oxygen atoms in total. The smallest absolute Gasteiger partial charge is 0.358 e. The summed E-state index contributed by atoms with van der Waals surface area (Å²) >= 11 is 2.84. The summed E-state index contributed by atoms with van der Waals surface area (Å²) in [7, 11) is -3.69. The molecule has 3 heterocycles. The number of thiophene rings is 1. The van der Waals surface area contributed by atoms with E-state index in [1.807, 2.05) is 16.8 Å². The van der Waals surface area contributed by atoms with Crippen molar-refractivity contribution in [1.29, 1.82) is 0 Å². The standard InChI is InChI=1S/C20H19N3O6S3/c24-18(11-29-20(25)17-13-31-19(22-17)14-4-9-30-12-14)21-15-2-1-3-16(10-15)32(26,27)23-5-7-28-8-6-23/h1-4,9-10,12-13H,5-8,11H2,(H,21,24). The summed E-state index contributed by atoms with van der Waals surface area (Å²) in [5.74, 6) is -1.30. The summed E-state index contributed by atoms with van der Waals surface area (Å²) in [6.07, 6.45) is 0. The molecule has 2 aromatic heterocycles. The average molecular weight is 494 g/mol. The maximum absolute atomic E-state index is 12.8. The predicted molar refractivity (Wildman–Crippen MR) is 120 cm³/mol. The molecule has 0 atom stereocenters. The van der Waals surface area contributed by atoms with Crippen LogP contribution in [0.4, 0.5) is 5.69 Å². The van der Waals surface area contributed by atoms with Crippen LogP contribution in [-0.4, -0.2) is 62.5 Å². The lowest BCUT2D eigenvalue weighted by molar-refractivity contribution is -0.119. The Morgan fingerprint density at radius 1 is 1.19 bits per heavy atom. The normalized spacial score (nSPS) is 14.8. The molecule has 3 aromatic rings. The summed E-state index contributed by atoms with van der Waals surface area (Å²) in [5, 5.41) is 8.67. The number of hydrogen-bond donors (Lipinski definition) is 1. The van der Waals surface area contributed by atoms with Gasteiger partial charge >= 0.3 is 5.97 Å². The quantitative estimate of drug-likeness (QED) is 0.503. The minimum Gasteiger partial charge on any atom is -0.451 e. The van der Waals surface area contributed by atoms with Crippen LogP contribution in [0.2, 0.25) is 0 Å². The fraction of sp³-hybridized carbons (Fsp3) is 0.250. The second kappa shape index (κ2) is 9.88. The van der Waals surface area contributed by atoms with Crippen LogP contribution in [0.5, 0.6) is 0 Å². The molecule has 0 unspecified atom stereocenters. The lowest BCUT2D eigenvalue weighted by Gasteiger charge is -2.26. The number of carbonyl (C=O) groups is 2. The third-order valence-electron chi connectivity index (χ3n) is 4.54. The van der Waals surface area contributed by atoms with E-state index in [0.717, 1.165) is 5.56 Å². The van der Waals surface area contributed by atoms with Crippen molar-refractivity contribution < 1.29 is 27.5 Å². The van der Waals surface area contributed by atoms with Gasteiger partial charge in [0.05, 0.1) is 18.1 Å². The third kappa shape index (κ3) is 5.22. The van der Waals surface area contributed by atoms with E-state index >= 15 is 0 Å². The Morgan fingerprint density at radius 2 is 2.00 bits per heavy atom. The monoisotopic (exact) mass is 493 g/mol. The van der Waals surface area contributed by atoms with Crippen molar-refractivity contribution in [1.82, 2.24) is 9.29 Å². The second-order valence-corrected chi connectivity index (χ2v) is 10.3. The maximum atomic E-state index is 12.8. The number of sulfonamides is 1. The number of morpholine rings is 1. The first kappa shape index (κ1) is 22.6. The molecule has 32 heavy (non-hydrogen) atoms. The van der Waals surface area contributed by atoms with Gasteiger partial charge in [0.2, 0.25) is 10.0 Å². The Morgan fingerprint density at radius 3 is 2.75 bits per heavy atom. The lowest BCUT2D eigenvalue weighted by Crippen LogP contribution is -2.40. The predicted octanol–water partition coefficient (Wildman–Crippen LogP) is 2.69. The zero-order valence-corrected chi connectivity index (χ0v) is 19.2. The lowest BCUT2D eigenvalue weighted by atomic mass is 10.3. The molecule has 0 saturated carbocycles. The van der Waals surface area contributed by atoms with E-state index in [9.17, 15) is 18.0 Å². The number of benzene rings is 1. The van der Waals surface area contributed by atoms with Crippen molar-refractivity contribution in [3.8, 4) is 10.6 Å². The topological polar surface area (TPSA) is 115 Å². The van der Waals surface area contributed by atoms with Gasteiger partial charge in [-0.1, -0.05) is 6.07 Å². The molecule has 1 aliphatic heterocycles. The highest BCUT2D eigenvalue weighted by Crippen LogP contribution is 2.26. The molecule has 1 aliphatic rings. The number of anilines is 1. The van der Waals surface area contributed by atoms with Crippen molar-refractivity contribution in [3.05, 3.63) is 52.2 Å². The van der Waals surface area contributed by atoms with Crippen LogP contribution in [0.25, 0.3) is 10.6 Å². The van der Waals surface area contributed by atoms with Crippen LogP contribution in [-0.2, 0) is 24.3 Å². The number of ether oxygens (including phenoxy) is 2. The summed E-state index contributed by atoms with van der Waals surface area (Å²) in [6, 6.07) is 7.84. The number of nitrogens with zero attached hydrogens (tertiary/aromatic N) is 2. The Balaban J connectivity index is 1.34. The van der Waals surface area contributed by atoms with Gasteiger partial charge in [0.1, 0.15) is 5.01 Å². The molecule has 0 bridgehead atoms. The second-order valence-electron chi connectivity index (χ2n) is 6.72. The molecule has 1 amide bonds. The number of carbonyl (C=O) groups excluding carboxylic acids is 2. The number of hydrogen-bond acceptors (Lipinski definition) is 9. The highest BCUT2D eigenvalue weighted by atomic mass is 32.2. The van der Waals surface area contributed by atoms with Gasteiger partial charge in [0.15, 0.2) is 12.3 Å².